The Bertz CT molecular complexity index is 619. The van der Waals surface area contributed by atoms with Crippen molar-refractivity contribution in [3.63, 3.8) is 0 Å². The minimum Gasteiger partial charge on any atom is -0.392 e. The van der Waals surface area contributed by atoms with Gasteiger partial charge < -0.3 is 9.67 Å². The largest absolute Gasteiger partial charge is 0.392 e. The van der Waals surface area contributed by atoms with Crippen LogP contribution in [0.1, 0.15) is 26.7 Å². The summed E-state index contributed by atoms with van der Waals surface area (Å²) in [5.74, 6) is 0. The minimum atomic E-state index is 0.143. The second-order valence-electron chi connectivity index (χ2n) is 5.32. The van der Waals surface area contributed by atoms with E-state index >= 15 is 0 Å². The summed E-state index contributed by atoms with van der Waals surface area (Å²) in [4.78, 5) is 0. The van der Waals surface area contributed by atoms with Gasteiger partial charge in [-0.25, -0.2) is 0 Å². The molecular weight excluding hydrogens is 246 g/mol. The van der Waals surface area contributed by atoms with Gasteiger partial charge in [0.25, 0.3) is 0 Å². The van der Waals surface area contributed by atoms with Crippen LogP contribution in [0.15, 0.2) is 59.8 Å². The van der Waals surface area contributed by atoms with Crippen molar-refractivity contribution in [3.05, 3.63) is 59.8 Å². The fourth-order valence-electron chi connectivity index (χ4n) is 2.42. The lowest BCUT2D eigenvalue weighted by molar-refractivity contribution is 0.341. The SMILES string of the molecule is CC(=CCO)CCC=C(C)Cn1ccc2ccccc21. The molecule has 0 saturated heterocycles. The van der Waals surface area contributed by atoms with Gasteiger partial charge in [0.1, 0.15) is 0 Å². The Morgan fingerprint density at radius 3 is 2.70 bits per heavy atom. The van der Waals surface area contributed by atoms with E-state index in [1.165, 1.54) is 22.0 Å². The van der Waals surface area contributed by atoms with E-state index in [-0.39, 0.29) is 6.61 Å². The lowest BCUT2D eigenvalue weighted by atomic mass is 10.1. The van der Waals surface area contributed by atoms with Crippen molar-refractivity contribution in [3.8, 4) is 0 Å². The Balaban J connectivity index is 1.97. The normalized spacial score (nSPS) is 13.2. The molecule has 0 bridgehead atoms. The minimum absolute atomic E-state index is 0.143. The lowest BCUT2D eigenvalue weighted by Gasteiger charge is -2.06. The lowest BCUT2D eigenvalue weighted by Crippen LogP contribution is -1.97. The van der Waals surface area contributed by atoms with Crippen LogP contribution in [0, 0.1) is 0 Å². The smallest absolute Gasteiger partial charge is 0.0614 e. The number of rotatable bonds is 6. The zero-order valence-corrected chi connectivity index (χ0v) is 12.3. The third-order valence-corrected chi connectivity index (χ3v) is 3.57. The molecule has 0 aliphatic rings. The summed E-state index contributed by atoms with van der Waals surface area (Å²) < 4.78 is 2.29. The number of para-hydroxylation sites is 1. The van der Waals surface area contributed by atoms with Gasteiger partial charge in [0.15, 0.2) is 0 Å². The number of benzene rings is 1. The van der Waals surface area contributed by atoms with Crippen LogP contribution in [0.3, 0.4) is 0 Å². The van der Waals surface area contributed by atoms with E-state index in [1.807, 2.05) is 6.08 Å². The molecule has 0 saturated carbocycles. The standard InChI is InChI=1S/C18H23NO/c1-15(11-13-20)6-5-7-16(2)14-19-12-10-17-8-3-4-9-18(17)19/h3-4,7-12,20H,5-6,13-14H2,1-2H3. The molecule has 0 aliphatic carbocycles. The molecule has 0 atom stereocenters. The molecule has 2 rings (SSSR count). The van der Waals surface area contributed by atoms with Crippen molar-refractivity contribution in [1.82, 2.24) is 4.57 Å². The average molecular weight is 269 g/mol. The van der Waals surface area contributed by atoms with Crippen molar-refractivity contribution in [2.45, 2.75) is 33.2 Å². The zero-order chi connectivity index (χ0) is 14.4. The Morgan fingerprint density at radius 2 is 1.90 bits per heavy atom. The fraction of sp³-hybridized carbons (Fsp3) is 0.333. The van der Waals surface area contributed by atoms with E-state index in [9.17, 15) is 0 Å². The van der Waals surface area contributed by atoms with E-state index in [4.69, 9.17) is 5.11 Å². The van der Waals surface area contributed by atoms with Gasteiger partial charge in [-0.2, -0.15) is 0 Å². The quantitative estimate of drug-likeness (QED) is 0.777. The Kier molecular flexibility index (Phi) is 5.19. The molecule has 2 nitrogen and oxygen atoms in total. The van der Waals surface area contributed by atoms with Gasteiger partial charge >= 0.3 is 0 Å². The van der Waals surface area contributed by atoms with Crippen molar-refractivity contribution in [2.24, 2.45) is 0 Å². The summed E-state index contributed by atoms with van der Waals surface area (Å²) in [6.07, 6.45) is 8.38. The van der Waals surface area contributed by atoms with E-state index in [0.717, 1.165) is 19.4 Å². The monoisotopic (exact) mass is 269 g/mol. The van der Waals surface area contributed by atoms with Gasteiger partial charge in [0.2, 0.25) is 0 Å². The molecule has 0 aliphatic heterocycles. The van der Waals surface area contributed by atoms with Crippen LogP contribution in [0.5, 0.6) is 0 Å². The molecule has 0 amide bonds. The number of aliphatic hydroxyl groups excluding tert-OH is 1. The topological polar surface area (TPSA) is 25.2 Å². The maximum Gasteiger partial charge on any atom is 0.0614 e. The fourth-order valence-corrected chi connectivity index (χ4v) is 2.42. The van der Waals surface area contributed by atoms with Gasteiger partial charge in [0.05, 0.1) is 6.61 Å². The van der Waals surface area contributed by atoms with Gasteiger partial charge in [-0.3, -0.25) is 0 Å². The maximum absolute atomic E-state index is 8.82. The maximum atomic E-state index is 8.82. The van der Waals surface area contributed by atoms with Crippen LogP contribution in [0.25, 0.3) is 10.9 Å². The number of allylic oxidation sites excluding steroid dienone is 3. The van der Waals surface area contributed by atoms with Crippen LogP contribution in [-0.2, 0) is 6.54 Å². The first kappa shape index (κ1) is 14.6. The molecule has 0 fully saturated rings. The van der Waals surface area contributed by atoms with Crippen LogP contribution in [0.4, 0.5) is 0 Å². The Hall–Kier alpha value is -1.80. The van der Waals surface area contributed by atoms with Crippen molar-refractivity contribution >= 4 is 10.9 Å². The Morgan fingerprint density at radius 1 is 1.10 bits per heavy atom. The van der Waals surface area contributed by atoms with Gasteiger partial charge in [0, 0.05) is 18.3 Å². The highest BCUT2D eigenvalue weighted by molar-refractivity contribution is 5.79. The highest BCUT2D eigenvalue weighted by Crippen LogP contribution is 2.17. The molecule has 1 aromatic heterocycles. The van der Waals surface area contributed by atoms with E-state index in [0.29, 0.717) is 0 Å². The number of aromatic nitrogens is 1. The first-order valence-electron chi connectivity index (χ1n) is 7.16. The molecule has 2 aromatic rings. The van der Waals surface area contributed by atoms with Crippen molar-refractivity contribution < 1.29 is 5.11 Å². The average Bonchev–Trinajstić information content (AvgIpc) is 2.83. The van der Waals surface area contributed by atoms with Crippen molar-refractivity contribution in [1.29, 1.82) is 0 Å². The molecular formula is C18H23NO. The molecule has 0 unspecified atom stereocenters. The summed E-state index contributed by atoms with van der Waals surface area (Å²) in [6, 6.07) is 10.6. The summed E-state index contributed by atoms with van der Waals surface area (Å²) in [5, 5.41) is 10.1. The van der Waals surface area contributed by atoms with Crippen LogP contribution in [-0.4, -0.2) is 16.3 Å². The molecule has 1 N–H and O–H groups in total. The third kappa shape index (κ3) is 3.84. The summed E-state index contributed by atoms with van der Waals surface area (Å²) in [6.45, 7) is 5.33. The van der Waals surface area contributed by atoms with Crippen LogP contribution < -0.4 is 0 Å². The van der Waals surface area contributed by atoms with Crippen LogP contribution in [0.2, 0.25) is 0 Å². The van der Waals surface area contributed by atoms with Gasteiger partial charge in [-0.05, 0) is 44.2 Å². The van der Waals surface area contributed by atoms with Gasteiger partial charge in [-0.1, -0.05) is 41.5 Å². The predicted octanol–water partition coefficient (Wildman–Crippen LogP) is 4.31. The number of aliphatic hydroxyl groups is 1. The molecule has 106 valence electrons. The molecule has 20 heavy (non-hydrogen) atoms. The summed E-state index contributed by atoms with van der Waals surface area (Å²) in [5.41, 5.74) is 3.92. The van der Waals surface area contributed by atoms with Gasteiger partial charge in [-0.15, -0.1) is 0 Å². The summed E-state index contributed by atoms with van der Waals surface area (Å²) in [7, 11) is 0. The highest BCUT2D eigenvalue weighted by atomic mass is 16.2. The van der Waals surface area contributed by atoms with E-state index in [2.05, 4.69) is 61.0 Å². The zero-order valence-electron chi connectivity index (χ0n) is 12.3. The number of nitrogens with zero attached hydrogens (tertiary/aromatic N) is 1. The molecule has 2 heteroatoms. The predicted molar refractivity (Wildman–Crippen MR) is 85.8 cm³/mol. The van der Waals surface area contributed by atoms with Crippen molar-refractivity contribution in [2.75, 3.05) is 6.61 Å². The molecule has 1 aromatic carbocycles. The van der Waals surface area contributed by atoms with E-state index in [1.54, 1.807) is 0 Å². The number of hydrogen-bond acceptors (Lipinski definition) is 1. The third-order valence-electron chi connectivity index (χ3n) is 3.57. The first-order chi connectivity index (χ1) is 9.70. The highest BCUT2D eigenvalue weighted by Gasteiger charge is 2.00. The molecule has 1 heterocycles. The second kappa shape index (κ2) is 7.11. The first-order valence-corrected chi connectivity index (χ1v) is 7.16. The van der Waals surface area contributed by atoms with E-state index < -0.39 is 0 Å². The molecule has 0 spiro atoms. The number of fused-ring (bicyclic) bond motifs is 1. The second-order valence-corrected chi connectivity index (χ2v) is 5.32. The summed E-state index contributed by atoms with van der Waals surface area (Å²) >= 11 is 0. The Labute approximate surface area is 121 Å². The van der Waals surface area contributed by atoms with Crippen LogP contribution >= 0.6 is 0 Å². The number of hydrogen-bond donors (Lipinski definition) is 1. The molecule has 0 radical (unpaired) electrons.